The van der Waals surface area contributed by atoms with E-state index in [1.807, 2.05) is 32.1 Å². The number of carbonyl (C=O) groups is 1. The number of aromatic nitrogens is 2. The highest BCUT2D eigenvalue weighted by Gasteiger charge is 2.31. The molecule has 0 radical (unpaired) electrons. The second-order valence-corrected chi connectivity index (χ2v) is 11.3. The highest BCUT2D eigenvalue weighted by Crippen LogP contribution is 2.44. The van der Waals surface area contributed by atoms with Gasteiger partial charge >= 0.3 is 0 Å². The van der Waals surface area contributed by atoms with Crippen LogP contribution in [0.3, 0.4) is 0 Å². The third-order valence-electron chi connectivity index (χ3n) is 4.89. The number of nitrogens with one attached hydrogen (secondary N) is 1. The van der Waals surface area contributed by atoms with Crippen molar-refractivity contribution in [2.45, 2.75) is 71.4 Å². The van der Waals surface area contributed by atoms with Crippen molar-refractivity contribution in [3.8, 4) is 0 Å². The first-order valence-electron chi connectivity index (χ1n) is 9.23. The van der Waals surface area contributed by atoms with Crippen LogP contribution < -0.4 is 5.32 Å². The molecule has 1 atom stereocenters. The van der Waals surface area contributed by atoms with E-state index >= 15 is 0 Å². The predicted molar refractivity (Wildman–Crippen MR) is 111 cm³/mol. The number of rotatable bonds is 3. The summed E-state index contributed by atoms with van der Waals surface area (Å²) in [5, 5.41) is 5.15. The van der Waals surface area contributed by atoms with Gasteiger partial charge in [-0.2, -0.15) is 0 Å². The monoisotopic (exact) mass is 391 g/mol. The van der Waals surface area contributed by atoms with E-state index in [9.17, 15) is 4.79 Å². The molecule has 2 aromatic heterocycles. The van der Waals surface area contributed by atoms with Gasteiger partial charge in [0.2, 0.25) is 5.91 Å². The number of hydrogen-bond donors (Lipinski definition) is 1. The molecule has 3 rings (SSSR count). The van der Waals surface area contributed by atoms with Gasteiger partial charge in [0.15, 0.2) is 0 Å². The van der Waals surface area contributed by atoms with Gasteiger partial charge in [0.25, 0.3) is 0 Å². The highest BCUT2D eigenvalue weighted by atomic mass is 32.2. The van der Waals surface area contributed by atoms with Crippen LogP contribution in [0, 0.1) is 11.3 Å². The van der Waals surface area contributed by atoms with Crippen molar-refractivity contribution in [2.24, 2.45) is 11.3 Å². The molecule has 2 heterocycles. The van der Waals surface area contributed by atoms with Crippen molar-refractivity contribution in [1.29, 1.82) is 0 Å². The molecule has 0 spiro atoms. The Morgan fingerprint density at radius 1 is 1.27 bits per heavy atom. The van der Waals surface area contributed by atoms with Crippen LogP contribution in [0.1, 0.15) is 58.4 Å². The Morgan fingerprint density at radius 3 is 2.65 bits per heavy atom. The number of hydrogen-bond acceptors (Lipinski definition) is 5. The number of carbonyl (C=O) groups excluding carboxylic acids is 1. The van der Waals surface area contributed by atoms with Gasteiger partial charge < -0.3 is 5.32 Å². The molecule has 1 N–H and O–H groups in total. The number of thiophene rings is 1. The standard InChI is InChI=1S/C20H29N3OS2/c1-19(2,3)12-7-8-13-14(9-12)26-18-16(13)17(21-11-22-18)25-10-15(24)23-20(4,5)6/h11-12H,7-10H2,1-6H3,(H,23,24). The summed E-state index contributed by atoms with van der Waals surface area (Å²) in [6, 6.07) is 0. The number of thioether (sulfide) groups is 1. The molecule has 1 amide bonds. The Balaban J connectivity index is 1.83. The van der Waals surface area contributed by atoms with Crippen molar-refractivity contribution < 1.29 is 4.79 Å². The summed E-state index contributed by atoms with van der Waals surface area (Å²) in [6.07, 6.45) is 5.07. The summed E-state index contributed by atoms with van der Waals surface area (Å²) in [5.74, 6) is 1.15. The van der Waals surface area contributed by atoms with Crippen LogP contribution in [-0.4, -0.2) is 27.2 Å². The first kappa shape index (κ1) is 19.6. The molecule has 142 valence electrons. The smallest absolute Gasteiger partial charge is 0.230 e. The predicted octanol–water partition coefficient (Wildman–Crippen LogP) is 4.85. The first-order chi connectivity index (χ1) is 12.0. The van der Waals surface area contributed by atoms with Crippen molar-refractivity contribution in [3.05, 3.63) is 16.8 Å². The van der Waals surface area contributed by atoms with E-state index in [0.717, 1.165) is 22.7 Å². The molecule has 4 nitrogen and oxygen atoms in total. The average molecular weight is 392 g/mol. The maximum absolute atomic E-state index is 12.2. The van der Waals surface area contributed by atoms with Crippen LogP contribution in [0.25, 0.3) is 10.2 Å². The molecule has 0 bridgehead atoms. The van der Waals surface area contributed by atoms with Crippen LogP contribution in [0.5, 0.6) is 0 Å². The minimum Gasteiger partial charge on any atom is -0.351 e. The van der Waals surface area contributed by atoms with Crippen LogP contribution >= 0.6 is 23.1 Å². The van der Waals surface area contributed by atoms with Gasteiger partial charge in [0, 0.05) is 15.8 Å². The average Bonchev–Trinajstić information content (AvgIpc) is 2.88. The molecule has 0 saturated carbocycles. The van der Waals surface area contributed by atoms with Crippen LogP contribution in [0.2, 0.25) is 0 Å². The SMILES string of the molecule is CC(C)(C)NC(=O)CSc1ncnc2sc3c(c12)CCC(C(C)(C)C)C3. The largest absolute Gasteiger partial charge is 0.351 e. The normalized spacial score (nSPS) is 18.0. The fraction of sp³-hybridized carbons (Fsp3) is 0.650. The van der Waals surface area contributed by atoms with Crippen molar-refractivity contribution in [3.63, 3.8) is 0 Å². The lowest BCUT2D eigenvalue weighted by Crippen LogP contribution is -2.41. The first-order valence-corrected chi connectivity index (χ1v) is 11.0. The molecule has 1 aliphatic rings. The molecule has 1 unspecified atom stereocenters. The zero-order chi connectivity index (χ0) is 19.1. The fourth-order valence-electron chi connectivity index (χ4n) is 3.52. The summed E-state index contributed by atoms with van der Waals surface area (Å²) < 4.78 is 0. The summed E-state index contributed by atoms with van der Waals surface area (Å²) in [5.41, 5.74) is 1.55. The van der Waals surface area contributed by atoms with E-state index in [-0.39, 0.29) is 11.4 Å². The number of fused-ring (bicyclic) bond motifs is 3. The van der Waals surface area contributed by atoms with E-state index < -0.39 is 0 Å². The zero-order valence-corrected chi connectivity index (χ0v) is 18.2. The second-order valence-electron chi connectivity index (χ2n) is 9.26. The summed E-state index contributed by atoms with van der Waals surface area (Å²) in [6.45, 7) is 13.0. The fourth-order valence-corrected chi connectivity index (χ4v) is 5.68. The van der Waals surface area contributed by atoms with Gasteiger partial charge in [-0.15, -0.1) is 11.3 Å². The van der Waals surface area contributed by atoms with E-state index in [1.54, 1.807) is 6.33 Å². The Bertz CT molecular complexity index is 815. The lowest BCUT2D eigenvalue weighted by Gasteiger charge is -2.33. The van der Waals surface area contributed by atoms with E-state index in [0.29, 0.717) is 17.1 Å². The Labute approximate surface area is 164 Å². The zero-order valence-electron chi connectivity index (χ0n) is 16.6. The van der Waals surface area contributed by atoms with Gasteiger partial charge in [0.05, 0.1) is 5.75 Å². The van der Waals surface area contributed by atoms with Gasteiger partial charge in [-0.3, -0.25) is 4.79 Å². The molecule has 0 aromatic carbocycles. The molecule has 0 fully saturated rings. The quantitative estimate of drug-likeness (QED) is 0.600. The maximum Gasteiger partial charge on any atom is 0.230 e. The number of amides is 1. The summed E-state index contributed by atoms with van der Waals surface area (Å²) in [4.78, 5) is 23.7. The molecule has 0 aliphatic heterocycles. The minimum atomic E-state index is -0.206. The lowest BCUT2D eigenvalue weighted by atomic mass is 9.72. The highest BCUT2D eigenvalue weighted by molar-refractivity contribution is 8.00. The molecular weight excluding hydrogens is 362 g/mol. The second kappa shape index (κ2) is 7.12. The van der Waals surface area contributed by atoms with Gasteiger partial charge in [0.1, 0.15) is 16.2 Å². The third-order valence-corrected chi connectivity index (χ3v) is 7.04. The van der Waals surface area contributed by atoms with Gasteiger partial charge in [-0.25, -0.2) is 9.97 Å². The molecule has 0 saturated heterocycles. The van der Waals surface area contributed by atoms with Crippen molar-refractivity contribution in [2.75, 3.05) is 5.75 Å². The Morgan fingerprint density at radius 2 is 2.00 bits per heavy atom. The van der Waals surface area contributed by atoms with Gasteiger partial charge in [-0.1, -0.05) is 32.5 Å². The Kier molecular flexibility index (Phi) is 5.37. The van der Waals surface area contributed by atoms with E-state index in [4.69, 9.17) is 0 Å². The van der Waals surface area contributed by atoms with E-state index in [1.165, 1.54) is 34.0 Å². The van der Waals surface area contributed by atoms with Crippen molar-refractivity contribution >= 4 is 39.2 Å². The molecule has 1 aliphatic carbocycles. The van der Waals surface area contributed by atoms with E-state index in [2.05, 4.69) is 36.1 Å². The van der Waals surface area contributed by atoms with Crippen LogP contribution in [-0.2, 0) is 17.6 Å². The lowest BCUT2D eigenvalue weighted by molar-refractivity contribution is -0.119. The molecular formula is C20H29N3OS2. The third kappa shape index (κ3) is 4.39. The number of aryl methyl sites for hydroxylation is 1. The molecule has 2 aromatic rings. The maximum atomic E-state index is 12.2. The Hall–Kier alpha value is -1.14. The summed E-state index contributed by atoms with van der Waals surface area (Å²) in [7, 11) is 0. The van der Waals surface area contributed by atoms with Crippen LogP contribution in [0.4, 0.5) is 0 Å². The molecule has 6 heteroatoms. The van der Waals surface area contributed by atoms with Crippen LogP contribution in [0.15, 0.2) is 11.4 Å². The summed E-state index contributed by atoms with van der Waals surface area (Å²) >= 11 is 3.34. The molecule has 26 heavy (non-hydrogen) atoms. The van der Waals surface area contributed by atoms with Gasteiger partial charge in [-0.05, 0) is 56.9 Å². The minimum absolute atomic E-state index is 0.0474. The van der Waals surface area contributed by atoms with Crippen molar-refractivity contribution in [1.82, 2.24) is 15.3 Å². The topological polar surface area (TPSA) is 54.9 Å². The number of nitrogens with zero attached hydrogens (tertiary/aromatic N) is 2.